The smallest absolute Gasteiger partial charge is 0.0836 e. The van der Waals surface area contributed by atoms with Gasteiger partial charge < -0.3 is 0 Å². The van der Waals surface area contributed by atoms with Crippen LogP contribution in [0.4, 0.5) is 5.69 Å². The Morgan fingerprint density at radius 1 is 1.20 bits per heavy atom. The molecule has 2 rings (SSSR count). The minimum Gasteiger partial charge on any atom is -0.263 e. The summed E-state index contributed by atoms with van der Waals surface area (Å²) in [7, 11) is 0. The second-order valence-corrected chi connectivity index (χ2v) is 4.53. The molecular weight excluding hydrogens is 202 g/mol. The molecule has 2 heteroatoms. The summed E-state index contributed by atoms with van der Waals surface area (Å²) in [5, 5.41) is 2.41. The van der Waals surface area contributed by atoms with Gasteiger partial charge in [0.05, 0.1) is 5.69 Å². The SMILES string of the molecule is C=Nc1c(SCC)ccc2ccccc12. The van der Waals surface area contributed by atoms with Crippen molar-refractivity contribution in [1.29, 1.82) is 0 Å². The molecule has 0 aliphatic carbocycles. The zero-order valence-corrected chi connectivity index (χ0v) is 9.55. The average Bonchev–Trinajstić information content (AvgIpc) is 2.29. The Kier molecular flexibility index (Phi) is 3.07. The summed E-state index contributed by atoms with van der Waals surface area (Å²) >= 11 is 1.81. The minimum atomic E-state index is 1.01. The summed E-state index contributed by atoms with van der Waals surface area (Å²) in [4.78, 5) is 5.36. The Labute approximate surface area is 94.2 Å². The lowest BCUT2D eigenvalue weighted by Gasteiger charge is -2.07. The van der Waals surface area contributed by atoms with Crippen molar-refractivity contribution in [3.8, 4) is 0 Å². The van der Waals surface area contributed by atoms with E-state index < -0.39 is 0 Å². The molecule has 0 N–H and O–H groups in total. The van der Waals surface area contributed by atoms with Crippen molar-refractivity contribution >= 4 is 34.9 Å². The molecule has 76 valence electrons. The van der Waals surface area contributed by atoms with E-state index in [9.17, 15) is 0 Å². The van der Waals surface area contributed by atoms with E-state index in [1.54, 1.807) is 0 Å². The van der Waals surface area contributed by atoms with E-state index in [1.807, 2.05) is 23.9 Å². The van der Waals surface area contributed by atoms with Crippen molar-refractivity contribution in [2.45, 2.75) is 11.8 Å². The molecule has 1 nitrogen and oxygen atoms in total. The van der Waals surface area contributed by atoms with Gasteiger partial charge in [0.1, 0.15) is 0 Å². The molecule has 0 bridgehead atoms. The van der Waals surface area contributed by atoms with Crippen LogP contribution in [0.3, 0.4) is 0 Å². The van der Waals surface area contributed by atoms with Crippen LogP contribution >= 0.6 is 11.8 Å². The Morgan fingerprint density at radius 2 is 2.00 bits per heavy atom. The summed E-state index contributed by atoms with van der Waals surface area (Å²) < 4.78 is 0. The van der Waals surface area contributed by atoms with Gasteiger partial charge in [0.2, 0.25) is 0 Å². The standard InChI is InChI=1S/C13H13NS/c1-3-15-12-9-8-10-6-4-5-7-11(10)13(12)14-2/h4-9H,2-3H2,1H3. The molecule has 0 saturated carbocycles. The van der Waals surface area contributed by atoms with Crippen LogP contribution in [0.2, 0.25) is 0 Å². The second-order valence-electron chi connectivity index (χ2n) is 3.22. The van der Waals surface area contributed by atoms with Crippen LogP contribution in [-0.2, 0) is 0 Å². The highest BCUT2D eigenvalue weighted by Crippen LogP contribution is 2.35. The Morgan fingerprint density at radius 3 is 2.73 bits per heavy atom. The van der Waals surface area contributed by atoms with Crippen LogP contribution in [0, 0.1) is 0 Å². The van der Waals surface area contributed by atoms with E-state index in [4.69, 9.17) is 0 Å². The molecule has 0 heterocycles. The molecule has 0 fully saturated rings. The van der Waals surface area contributed by atoms with Gasteiger partial charge >= 0.3 is 0 Å². The van der Waals surface area contributed by atoms with Gasteiger partial charge in [-0.05, 0) is 23.9 Å². The maximum absolute atomic E-state index is 4.15. The van der Waals surface area contributed by atoms with Gasteiger partial charge in [0.15, 0.2) is 0 Å². The van der Waals surface area contributed by atoms with Crippen LogP contribution in [0.5, 0.6) is 0 Å². The van der Waals surface area contributed by atoms with Gasteiger partial charge in [-0.2, -0.15) is 0 Å². The van der Waals surface area contributed by atoms with E-state index in [-0.39, 0.29) is 0 Å². The van der Waals surface area contributed by atoms with Gasteiger partial charge in [0, 0.05) is 10.3 Å². The third-order valence-corrected chi connectivity index (χ3v) is 3.25. The third kappa shape index (κ3) is 1.90. The lowest BCUT2D eigenvalue weighted by atomic mass is 10.1. The molecular formula is C13H13NS. The average molecular weight is 215 g/mol. The molecule has 15 heavy (non-hydrogen) atoms. The first-order valence-corrected chi connectivity index (χ1v) is 5.96. The molecule has 0 unspecified atom stereocenters. The molecule has 2 aromatic carbocycles. The van der Waals surface area contributed by atoms with Crippen LogP contribution < -0.4 is 0 Å². The number of rotatable bonds is 3. The topological polar surface area (TPSA) is 12.4 Å². The highest BCUT2D eigenvalue weighted by Gasteiger charge is 2.04. The van der Waals surface area contributed by atoms with Crippen LogP contribution in [0.25, 0.3) is 10.8 Å². The number of hydrogen-bond donors (Lipinski definition) is 0. The van der Waals surface area contributed by atoms with Crippen LogP contribution in [0.1, 0.15) is 6.92 Å². The van der Waals surface area contributed by atoms with E-state index in [0.29, 0.717) is 0 Å². The summed E-state index contributed by atoms with van der Waals surface area (Å²) in [6.45, 7) is 5.81. The lowest BCUT2D eigenvalue weighted by molar-refractivity contribution is 1.40. The predicted molar refractivity (Wildman–Crippen MR) is 69.6 cm³/mol. The molecule has 0 aliphatic heterocycles. The fraction of sp³-hybridized carbons (Fsp3) is 0.154. The number of hydrogen-bond acceptors (Lipinski definition) is 2. The maximum atomic E-state index is 4.15. The minimum absolute atomic E-state index is 1.01. The van der Waals surface area contributed by atoms with E-state index >= 15 is 0 Å². The van der Waals surface area contributed by atoms with Gasteiger partial charge in [-0.25, -0.2) is 0 Å². The molecule has 0 atom stereocenters. The predicted octanol–water partition coefficient (Wildman–Crippen LogP) is 4.28. The van der Waals surface area contributed by atoms with Crippen molar-refractivity contribution in [1.82, 2.24) is 0 Å². The Balaban J connectivity index is 2.69. The van der Waals surface area contributed by atoms with Crippen molar-refractivity contribution < 1.29 is 0 Å². The first kappa shape index (κ1) is 10.2. The zero-order valence-electron chi connectivity index (χ0n) is 8.73. The zero-order chi connectivity index (χ0) is 10.7. The summed E-state index contributed by atoms with van der Waals surface area (Å²) in [6, 6.07) is 12.5. The van der Waals surface area contributed by atoms with Crippen LogP contribution in [0.15, 0.2) is 46.3 Å². The Hall–Kier alpha value is -1.28. The molecule has 0 amide bonds. The monoisotopic (exact) mass is 215 g/mol. The summed E-state index contributed by atoms with van der Waals surface area (Å²) in [6.07, 6.45) is 0. The van der Waals surface area contributed by atoms with Gasteiger partial charge in [-0.1, -0.05) is 37.3 Å². The molecule has 0 radical (unpaired) electrons. The fourth-order valence-electron chi connectivity index (χ4n) is 1.67. The number of aliphatic imine (C=N–C) groups is 1. The quantitative estimate of drug-likeness (QED) is 0.549. The first-order valence-electron chi connectivity index (χ1n) is 4.98. The molecule has 0 spiro atoms. The highest BCUT2D eigenvalue weighted by atomic mass is 32.2. The van der Waals surface area contributed by atoms with Crippen molar-refractivity contribution in [2.24, 2.45) is 4.99 Å². The van der Waals surface area contributed by atoms with Crippen LogP contribution in [-0.4, -0.2) is 12.5 Å². The maximum Gasteiger partial charge on any atom is 0.0836 e. The number of thioether (sulfide) groups is 1. The largest absolute Gasteiger partial charge is 0.263 e. The number of fused-ring (bicyclic) bond motifs is 1. The molecule has 2 aromatic rings. The van der Waals surface area contributed by atoms with E-state index in [1.165, 1.54) is 15.7 Å². The molecule has 0 saturated heterocycles. The molecule has 0 aliphatic rings. The van der Waals surface area contributed by atoms with Gasteiger partial charge in [-0.15, -0.1) is 11.8 Å². The van der Waals surface area contributed by atoms with Gasteiger partial charge in [0.25, 0.3) is 0 Å². The normalized spacial score (nSPS) is 10.5. The number of benzene rings is 2. The van der Waals surface area contributed by atoms with Crippen molar-refractivity contribution in [2.75, 3.05) is 5.75 Å². The first-order chi connectivity index (χ1) is 7.36. The van der Waals surface area contributed by atoms with E-state index in [2.05, 4.69) is 42.9 Å². The summed E-state index contributed by atoms with van der Waals surface area (Å²) in [5.74, 6) is 1.06. The van der Waals surface area contributed by atoms with Crippen molar-refractivity contribution in [3.63, 3.8) is 0 Å². The second kappa shape index (κ2) is 4.49. The third-order valence-electron chi connectivity index (χ3n) is 2.32. The fourth-order valence-corrected chi connectivity index (χ4v) is 2.46. The Bertz CT molecular complexity index is 491. The number of nitrogens with zero attached hydrogens (tertiary/aromatic N) is 1. The van der Waals surface area contributed by atoms with Gasteiger partial charge in [-0.3, -0.25) is 4.99 Å². The van der Waals surface area contributed by atoms with E-state index in [0.717, 1.165) is 11.4 Å². The highest BCUT2D eigenvalue weighted by molar-refractivity contribution is 7.99. The van der Waals surface area contributed by atoms with Crippen molar-refractivity contribution in [3.05, 3.63) is 36.4 Å². The molecule has 0 aromatic heterocycles. The summed E-state index contributed by atoms with van der Waals surface area (Å²) in [5.41, 5.74) is 1.01. The lowest BCUT2D eigenvalue weighted by Crippen LogP contribution is -1.78.